The van der Waals surface area contributed by atoms with Gasteiger partial charge in [-0.2, -0.15) is 13.2 Å². The number of nitrogens with one attached hydrogen (secondary N) is 1. The molecule has 1 aromatic carbocycles. The van der Waals surface area contributed by atoms with E-state index in [2.05, 4.69) is 5.32 Å². The SMILES string of the molecule is CCCC(CCC)C(=O)Nc1cccc(C(F)(F)F)c1. The lowest BCUT2D eigenvalue weighted by Gasteiger charge is -2.16. The van der Waals surface area contributed by atoms with Gasteiger partial charge < -0.3 is 5.32 Å². The molecule has 0 spiro atoms. The molecule has 0 aromatic heterocycles. The van der Waals surface area contributed by atoms with E-state index in [4.69, 9.17) is 0 Å². The van der Waals surface area contributed by atoms with Gasteiger partial charge in [0.05, 0.1) is 5.56 Å². The number of benzene rings is 1. The van der Waals surface area contributed by atoms with Crippen LogP contribution in [0.2, 0.25) is 0 Å². The predicted octanol–water partition coefficient (Wildman–Crippen LogP) is 4.86. The van der Waals surface area contributed by atoms with E-state index in [1.54, 1.807) is 0 Å². The van der Waals surface area contributed by atoms with Crippen molar-refractivity contribution in [2.45, 2.75) is 45.7 Å². The normalized spacial score (nSPS) is 11.7. The van der Waals surface area contributed by atoms with Gasteiger partial charge in [-0.25, -0.2) is 0 Å². The van der Waals surface area contributed by atoms with Crippen LogP contribution in [0, 0.1) is 5.92 Å². The lowest BCUT2D eigenvalue weighted by Crippen LogP contribution is -2.23. The molecule has 0 saturated heterocycles. The highest BCUT2D eigenvalue weighted by Gasteiger charge is 2.30. The number of hydrogen-bond donors (Lipinski definition) is 1. The van der Waals surface area contributed by atoms with Crippen molar-refractivity contribution in [3.63, 3.8) is 0 Å². The van der Waals surface area contributed by atoms with Gasteiger partial charge in [-0.3, -0.25) is 4.79 Å². The second-order valence-electron chi connectivity index (χ2n) is 4.84. The van der Waals surface area contributed by atoms with Crippen LogP contribution in [0.5, 0.6) is 0 Å². The molecule has 5 heteroatoms. The standard InChI is InChI=1S/C15H20F3NO/c1-3-6-11(7-4-2)14(20)19-13-9-5-8-12(10-13)15(16,17)18/h5,8-11H,3-4,6-7H2,1-2H3,(H,19,20). The molecule has 0 fully saturated rings. The van der Waals surface area contributed by atoms with Gasteiger partial charge in [0.1, 0.15) is 0 Å². The Labute approximate surface area is 117 Å². The van der Waals surface area contributed by atoms with Crippen LogP contribution in [-0.2, 0) is 11.0 Å². The van der Waals surface area contributed by atoms with Crippen LogP contribution < -0.4 is 5.32 Å². The smallest absolute Gasteiger partial charge is 0.326 e. The molecule has 0 aliphatic rings. The minimum absolute atomic E-state index is 0.139. The van der Waals surface area contributed by atoms with Gasteiger partial charge in [-0.1, -0.05) is 32.8 Å². The Morgan fingerprint density at radius 2 is 1.80 bits per heavy atom. The predicted molar refractivity (Wildman–Crippen MR) is 73.4 cm³/mol. The van der Waals surface area contributed by atoms with Crippen molar-refractivity contribution in [3.05, 3.63) is 29.8 Å². The fraction of sp³-hybridized carbons (Fsp3) is 0.533. The largest absolute Gasteiger partial charge is 0.416 e. The summed E-state index contributed by atoms with van der Waals surface area (Å²) in [5, 5.41) is 2.59. The molecular formula is C15H20F3NO. The van der Waals surface area contributed by atoms with Gasteiger partial charge >= 0.3 is 6.18 Å². The van der Waals surface area contributed by atoms with Crippen LogP contribution in [-0.4, -0.2) is 5.91 Å². The summed E-state index contributed by atoms with van der Waals surface area (Å²) in [5.74, 6) is -0.340. The summed E-state index contributed by atoms with van der Waals surface area (Å²) in [4.78, 5) is 12.1. The Hall–Kier alpha value is -1.52. The van der Waals surface area contributed by atoms with Crippen LogP contribution in [0.3, 0.4) is 0 Å². The zero-order valence-electron chi connectivity index (χ0n) is 11.8. The molecule has 1 N–H and O–H groups in total. The third-order valence-corrected chi connectivity index (χ3v) is 3.10. The third kappa shape index (κ3) is 4.87. The van der Waals surface area contributed by atoms with Crippen LogP contribution in [0.25, 0.3) is 0 Å². The van der Waals surface area contributed by atoms with Crippen LogP contribution in [0.4, 0.5) is 18.9 Å². The molecule has 1 aromatic rings. The molecule has 0 bridgehead atoms. The van der Waals surface area contributed by atoms with Crippen molar-refractivity contribution in [2.75, 3.05) is 5.32 Å². The highest BCUT2D eigenvalue weighted by molar-refractivity contribution is 5.92. The first kappa shape index (κ1) is 16.5. The Balaban J connectivity index is 2.79. The molecule has 0 atom stereocenters. The van der Waals surface area contributed by atoms with Crippen molar-refractivity contribution in [1.29, 1.82) is 0 Å². The number of halogens is 3. The van der Waals surface area contributed by atoms with E-state index in [-0.39, 0.29) is 17.5 Å². The van der Waals surface area contributed by atoms with E-state index in [0.29, 0.717) is 0 Å². The zero-order chi connectivity index (χ0) is 15.2. The molecule has 0 unspecified atom stereocenters. The van der Waals surface area contributed by atoms with E-state index in [1.807, 2.05) is 13.8 Å². The van der Waals surface area contributed by atoms with Gasteiger partial charge in [0.2, 0.25) is 5.91 Å². The minimum atomic E-state index is -4.40. The first-order valence-corrected chi connectivity index (χ1v) is 6.86. The van der Waals surface area contributed by atoms with Crippen molar-refractivity contribution in [2.24, 2.45) is 5.92 Å². The lowest BCUT2D eigenvalue weighted by molar-refractivity contribution is -0.137. The summed E-state index contributed by atoms with van der Waals surface area (Å²) in [6, 6.07) is 4.73. The molecule has 112 valence electrons. The summed E-state index contributed by atoms with van der Waals surface area (Å²) >= 11 is 0. The average molecular weight is 287 g/mol. The molecule has 1 rings (SSSR count). The molecule has 0 heterocycles. The van der Waals surface area contributed by atoms with Crippen molar-refractivity contribution < 1.29 is 18.0 Å². The fourth-order valence-corrected chi connectivity index (χ4v) is 2.12. The maximum absolute atomic E-state index is 12.6. The summed E-state index contributed by atoms with van der Waals surface area (Å²) in [7, 11) is 0. The summed E-state index contributed by atoms with van der Waals surface area (Å²) in [6.45, 7) is 3.97. The molecule has 0 saturated carbocycles. The summed E-state index contributed by atoms with van der Waals surface area (Å²) in [5.41, 5.74) is -0.556. The number of amides is 1. The first-order valence-electron chi connectivity index (χ1n) is 6.86. The number of carbonyl (C=O) groups excluding carboxylic acids is 1. The van der Waals surface area contributed by atoms with Crippen LogP contribution >= 0.6 is 0 Å². The Bertz CT molecular complexity index is 437. The molecule has 0 aliphatic carbocycles. The second-order valence-corrected chi connectivity index (χ2v) is 4.84. The monoisotopic (exact) mass is 287 g/mol. The van der Waals surface area contributed by atoms with Crippen LogP contribution in [0.1, 0.15) is 45.1 Å². The molecule has 1 amide bonds. The molecular weight excluding hydrogens is 267 g/mol. The second kappa shape index (κ2) is 7.31. The zero-order valence-corrected chi connectivity index (χ0v) is 11.8. The molecule has 20 heavy (non-hydrogen) atoms. The minimum Gasteiger partial charge on any atom is -0.326 e. The number of alkyl halides is 3. The van der Waals surface area contributed by atoms with Gasteiger partial charge in [0.25, 0.3) is 0 Å². The average Bonchev–Trinajstić information content (AvgIpc) is 2.38. The molecule has 0 aliphatic heterocycles. The fourth-order valence-electron chi connectivity index (χ4n) is 2.12. The molecule has 2 nitrogen and oxygen atoms in total. The van der Waals surface area contributed by atoms with Gasteiger partial charge in [0.15, 0.2) is 0 Å². The summed E-state index contributed by atoms with van der Waals surface area (Å²) in [6.07, 6.45) is -1.15. The van der Waals surface area contributed by atoms with Gasteiger partial charge in [-0.15, -0.1) is 0 Å². The number of hydrogen-bond acceptors (Lipinski definition) is 1. The number of rotatable bonds is 6. The third-order valence-electron chi connectivity index (χ3n) is 3.10. The highest BCUT2D eigenvalue weighted by Crippen LogP contribution is 2.30. The first-order chi connectivity index (χ1) is 9.38. The topological polar surface area (TPSA) is 29.1 Å². The van der Waals surface area contributed by atoms with Crippen molar-refractivity contribution in [1.82, 2.24) is 0 Å². The maximum atomic E-state index is 12.6. The Morgan fingerprint density at radius 3 is 2.30 bits per heavy atom. The van der Waals surface area contributed by atoms with Gasteiger partial charge in [0, 0.05) is 11.6 Å². The summed E-state index contributed by atoms with van der Waals surface area (Å²) < 4.78 is 37.8. The number of anilines is 1. The maximum Gasteiger partial charge on any atom is 0.416 e. The van der Waals surface area contributed by atoms with Crippen molar-refractivity contribution in [3.8, 4) is 0 Å². The van der Waals surface area contributed by atoms with E-state index in [9.17, 15) is 18.0 Å². The van der Waals surface area contributed by atoms with E-state index in [1.165, 1.54) is 12.1 Å². The molecule has 0 radical (unpaired) electrons. The van der Waals surface area contributed by atoms with E-state index < -0.39 is 11.7 Å². The van der Waals surface area contributed by atoms with E-state index >= 15 is 0 Å². The van der Waals surface area contributed by atoms with Crippen LogP contribution in [0.15, 0.2) is 24.3 Å². The van der Waals surface area contributed by atoms with Crippen molar-refractivity contribution >= 4 is 11.6 Å². The van der Waals surface area contributed by atoms with Gasteiger partial charge in [-0.05, 0) is 31.0 Å². The highest BCUT2D eigenvalue weighted by atomic mass is 19.4. The Morgan fingerprint density at radius 1 is 1.20 bits per heavy atom. The lowest BCUT2D eigenvalue weighted by atomic mass is 9.97. The number of carbonyl (C=O) groups is 1. The quantitative estimate of drug-likeness (QED) is 0.795. The Kier molecular flexibility index (Phi) is 6.05. The van der Waals surface area contributed by atoms with E-state index in [0.717, 1.165) is 37.8 Å².